The highest BCUT2D eigenvalue weighted by atomic mass is 19.1. The average Bonchev–Trinajstić information content (AvgIpc) is 2.72. The maximum absolute atomic E-state index is 12.9. The van der Waals surface area contributed by atoms with Gasteiger partial charge in [0.25, 0.3) is 0 Å². The van der Waals surface area contributed by atoms with Crippen LogP contribution in [0.2, 0.25) is 0 Å². The van der Waals surface area contributed by atoms with Crippen molar-refractivity contribution in [1.29, 1.82) is 0 Å². The number of hydrogen-bond acceptors (Lipinski definition) is 2. The molecule has 1 saturated carbocycles. The summed E-state index contributed by atoms with van der Waals surface area (Å²) in [6, 6.07) is 0.347. The first-order valence-corrected chi connectivity index (χ1v) is 5.08. The Hall–Kier alpha value is -0.900. The number of rotatable bonds is 3. The van der Waals surface area contributed by atoms with Crippen LogP contribution >= 0.6 is 0 Å². The van der Waals surface area contributed by atoms with Crippen LogP contribution < -0.4 is 5.32 Å². The number of alkyl halides is 1. The minimum atomic E-state index is -0.598. The van der Waals surface area contributed by atoms with Crippen molar-refractivity contribution in [3.63, 3.8) is 0 Å². The second-order valence-electron chi connectivity index (χ2n) is 3.98. The molecule has 1 heterocycles. The highest BCUT2D eigenvalue weighted by molar-refractivity contribution is 4.97. The van der Waals surface area contributed by atoms with Gasteiger partial charge in [-0.1, -0.05) is 0 Å². The van der Waals surface area contributed by atoms with E-state index >= 15 is 0 Å². The van der Waals surface area contributed by atoms with Gasteiger partial charge in [0, 0.05) is 25.8 Å². The van der Waals surface area contributed by atoms with Gasteiger partial charge in [-0.05, 0) is 19.3 Å². The molecule has 0 saturated heterocycles. The van der Waals surface area contributed by atoms with Crippen molar-refractivity contribution < 1.29 is 4.39 Å². The van der Waals surface area contributed by atoms with E-state index in [1.165, 1.54) is 0 Å². The molecule has 0 radical (unpaired) electrons. The van der Waals surface area contributed by atoms with E-state index in [4.69, 9.17) is 0 Å². The van der Waals surface area contributed by atoms with E-state index in [9.17, 15) is 4.39 Å². The van der Waals surface area contributed by atoms with Gasteiger partial charge < -0.3 is 9.88 Å². The Morgan fingerprint density at radius 1 is 1.64 bits per heavy atom. The van der Waals surface area contributed by atoms with E-state index in [0.29, 0.717) is 18.9 Å². The van der Waals surface area contributed by atoms with Gasteiger partial charge in [0.05, 0.1) is 12.0 Å². The normalized spacial score (nSPS) is 27.0. The van der Waals surface area contributed by atoms with Crippen LogP contribution in [0.15, 0.2) is 12.5 Å². The van der Waals surface area contributed by atoms with Crippen molar-refractivity contribution in [2.45, 2.75) is 38.0 Å². The standard InChI is InChI=1S/C10H16FN3/c1-14-7-12-5-10(14)6-13-9-3-2-8(11)4-9/h5,7-9,13H,2-4,6H2,1H3. The molecule has 1 aromatic heterocycles. The molecule has 0 spiro atoms. The lowest BCUT2D eigenvalue weighted by Gasteiger charge is -2.11. The van der Waals surface area contributed by atoms with Crippen LogP contribution in [0.4, 0.5) is 4.39 Å². The molecule has 1 aromatic rings. The first-order chi connectivity index (χ1) is 6.75. The van der Waals surface area contributed by atoms with Crippen molar-refractivity contribution >= 4 is 0 Å². The third-order valence-electron chi connectivity index (χ3n) is 2.86. The van der Waals surface area contributed by atoms with Crippen molar-refractivity contribution in [2.24, 2.45) is 7.05 Å². The Kier molecular flexibility index (Phi) is 2.82. The summed E-state index contributed by atoms with van der Waals surface area (Å²) >= 11 is 0. The zero-order valence-electron chi connectivity index (χ0n) is 8.41. The molecular formula is C10H16FN3. The molecule has 4 heteroatoms. The van der Waals surface area contributed by atoms with E-state index in [-0.39, 0.29) is 0 Å². The lowest BCUT2D eigenvalue weighted by Crippen LogP contribution is -2.26. The Labute approximate surface area is 83.3 Å². The predicted molar refractivity (Wildman–Crippen MR) is 52.6 cm³/mol. The van der Waals surface area contributed by atoms with Crippen molar-refractivity contribution in [3.05, 3.63) is 18.2 Å². The van der Waals surface area contributed by atoms with E-state index in [1.807, 2.05) is 17.8 Å². The average molecular weight is 197 g/mol. The van der Waals surface area contributed by atoms with Gasteiger partial charge in [0.2, 0.25) is 0 Å². The summed E-state index contributed by atoms with van der Waals surface area (Å²) in [5.41, 5.74) is 1.15. The van der Waals surface area contributed by atoms with Crippen molar-refractivity contribution in [1.82, 2.24) is 14.9 Å². The Balaban J connectivity index is 1.80. The lowest BCUT2D eigenvalue weighted by atomic mass is 10.2. The van der Waals surface area contributed by atoms with E-state index < -0.39 is 6.17 Å². The fraction of sp³-hybridized carbons (Fsp3) is 0.700. The van der Waals surface area contributed by atoms with Crippen LogP contribution in [-0.4, -0.2) is 21.8 Å². The molecule has 0 aliphatic heterocycles. The first-order valence-electron chi connectivity index (χ1n) is 5.08. The molecule has 14 heavy (non-hydrogen) atoms. The zero-order valence-corrected chi connectivity index (χ0v) is 8.41. The molecule has 3 nitrogen and oxygen atoms in total. The fourth-order valence-electron chi connectivity index (χ4n) is 1.92. The first kappa shape index (κ1) is 9.65. The summed E-state index contributed by atoms with van der Waals surface area (Å²) in [6.45, 7) is 0.786. The number of nitrogens with zero attached hydrogens (tertiary/aromatic N) is 2. The molecular weight excluding hydrogens is 181 g/mol. The number of hydrogen-bond donors (Lipinski definition) is 1. The van der Waals surface area contributed by atoms with Crippen LogP contribution in [0.25, 0.3) is 0 Å². The monoisotopic (exact) mass is 197 g/mol. The molecule has 1 fully saturated rings. The van der Waals surface area contributed by atoms with Gasteiger partial charge in [0.1, 0.15) is 6.17 Å². The van der Waals surface area contributed by atoms with Gasteiger partial charge in [-0.2, -0.15) is 0 Å². The highest BCUT2D eigenvalue weighted by Gasteiger charge is 2.23. The number of aromatic nitrogens is 2. The van der Waals surface area contributed by atoms with Crippen LogP contribution in [-0.2, 0) is 13.6 Å². The summed E-state index contributed by atoms with van der Waals surface area (Å²) in [5, 5.41) is 3.35. The topological polar surface area (TPSA) is 29.9 Å². The maximum Gasteiger partial charge on any atom is 0.102 e. The summed E-state index contributed by atoms with van der Waals surface area (Å²) in [7, 11) is 1.97. The molecule has 0 bridgehead atoms. The number of halogens is 1. The molecule has 0 aromatic carbocycles. The summed E-state index contributed by atoms with van der Waals surface area (Å²) < 4.78 is 14.8. The highest BCUT2D eigenvalue weighted by Crippen LogP contribution is 2.21. The summed E-state index contributed by atoms with van der Waals surface area (Å²) in [4.78, 5) is 4.03. The molecule has 1 aliphatic rings. The van der Waals surface area contributed by atoms with Gasteiger partial charge in [-0.3, -0.25) is 0 Å². The van der Waals surface area contributed by atoms with Gasteiger partial charge in [0.15, 0.2) is 0 Å². The molecule has 2 rings (SSSR count). The zero-order chi connectivity index (χ0) is 9.97. The van der Waals surface area contributed by atoms with Crippen LogP contribution in [0.3, 0.4) is 0 Å². The quantitative estimate of drug-likeness (QED) is 0.793. The molecule has 2 unspecified atom stereocenters. The molecule has 1 aliphatic carbocycles. The fourth-order valence-corrected chi connectivity index (χ4v) is 1.92. The van der Waals surface area contributed by atoms with E-state index in [2.05, 4.69) is 10.3 Å². The summed E-state index contributed by atoms with van der Waals surface area (Å²) in [6.07, 6.45) is 5.36. The molecule has 0 amide bonds. The minimum absolute atomic E-state index is 0.347. The van der Waals surface area contributed by atoms with Crippen LogP contribution in [0.1, 0.15) is 25.0 Å². The molecule has 2 atom stereocenters. The van der Waals surface area contributed by atoms with E-state index in [1.54, 1.807) is 6.33 Å². The Bertz CT molecular complexity index is 297. The second-order valence-corrected chi connectivity index (χ2v) is 3.98. The largest absolute Gasteiger partial charge is 0.337 e. The van der Waals surface area contributed by atoms with Gasteiger partial charge in [-0.15, -0.1) is 0 Å². The lowest BCUT2D eigenvalue weighted by molar-refractivity contribution is 0.333. The minimum Gasteiger partial charge on any atom is -0.337 e. The SMILES string of the molecule is Cn1cncc1CNC1CCC(F)C1. The van der Waals surface area contributed by atoms with E-state index in [0.717, 1.165) is 18.7 Å². The maximum atomic E-state index is 12.9. The van der Waals surface area contributed by atoms with Crippen molar-refractivity contribution in [2.75, 3.05) is 0 Å². The van der Waals surface area contributed by atoms with Crippen LogP contribution in [0.5, 0.6) is 0 Å². The van der Waals surface area contributed by atoms with Crippen molar-refractivity contribution in [3.8, 4) is 0 Å². The predicted octanol–water partition coefficient (Wildman–Crippen LogP) is 1.40. The Morgan fingerprint density at radius 2 is 2.50 bits per heavy atom. The Morgan fingerprint density at radius 3 is 3.07 bits per heavy atom. The summed E-state index contributed by atoms with van der Waals surface area (Å²) in [5.74, 6) is 0. The third-order valence-corrected chi connectivity index (χ3v) is 2.86. The number of aryl methyl sites for hydroxylation is 1. The van der Waals surface area contributed by atoms with Gasteiger partial charge in [-0.25, -0.2) is 9.37 Å². The number of nitrogens with one attached hydrogen (secondary N) is 1. The van der Waals surface area contributed by atoms with Gasteiger partial charge >= 0.3 is 0 Å². The third kappa shape index (κ3) is 2.12. The molecule has 1 N–H and O–H groups in total. The molecule has 78 valence electrons. The van der Waals surface area contributed by atoms with Crippen LogP contribution in [0, 0.1) is 0 Å². The number of imidazole rings is 1. The second kappa shape index (κ2) is 4.09. The smallest absolute Gasteiger partial charge is 0.102 e.